The third kappa shape index (κ3) is 3.51. The minimum absolute atomic E-state index is 0.0117. The first kappa shape index (κ1) is 19.0. The lowest BCUT2D eigenvalue weighted by Crippen LogP contribution is -2.38. The summed E-state index contributed by atoms with van der Waals surface area (Å²) in [4.78, 5) is 4.47. The first-order chi connectivity index (χ1) is 15.3. The summed E-state index contributed by atoms with van der Waals surface area (Å²) < 4.78 is 8.33. The molecule has 2 aromatic heterocycles. The molecule has 1 saturated carbocycles. The highest BCUT2D eigenvalue weighted by atomic mass is 16.5. The van der Waals surface area contributed by atoms with Gasteiger partial charge in [-0.3, -0.25) is 0 Å². The first-order valence-electron chi connectivity index (χ1n) is 11.3. The van der Waals surface area contributed by atoms with Crippen LogP contribution >= 0.6 is 0 Å². The highest BCUT2D eigenvalue weighted by Crippen LogP contribution is 2.56. The molecule has 0 spiro atoms. The van der Waals surface area contributed by atoms with Crippen molar-refractivity contribution in [3.63, 3.8) is 0 Å². The van der Waals surface area contributed by atoms with Crippen LogP contribution in [-0.4, -0.2) is 34.0 Å². The Morgan fingerprint density at radius 2 is 2.00 bits per heavy atom. The van der Waals surface area contributed by atoms with Crippen LogP contribution in [0.2, 0.25) is 0 Å². The Morgan fingerprint density at radius 3 is 2.81 bits per heavy atom. The molecule has 7 heteroatoms. The molecule has 2 fully saturated rings. The van der Waals surface area contributed by atoms with Gasteiger partial charge in [0.1, 0.15) is 0 Å². The maximum absolute atomic E-state index is 12.0. The second kappa shape index (κ2) is 7.73. The summed E-state index contributed by atoms with van der Waals surface area (Å²) in [6.45, 7) is 1.60. The van der Waals surface area contributed by atoms with E-state index < -0.39 is 0 Å². The summed E-state index contributed by atoms with van der Waals surface area (Å²) in [5.41, 5.74) is 4.91. The number of hydrogen-bond acceptors (Lipinski definition) is 5. The smallest absolute Gasteiger partial charge is 0.225 e. The van der Waals surface area contributed by atoms with E-state index in [4.69, 9.17) is 9.84 Å². The molecule has 3 atom stereocenters. The molecule has 7 nitrogen and oxygen atoms in total. The van der Waals surface area contributed by atoms with Crippen molar-refractivity contribution < 1.29 is 9.47 Å². The quantitative estimate of drug-likeness (QED) is 0.510. The van der Waals surface area contributed by atoms with Crippen molar-refractivity contribution in [3.8, 4) is 5.82 Å². The van der Waals surface area contributed by atoms with E-state index in [0.717, 1.165) is 48.8 Å². The molecular formula is C24H27N5O2. The van der Waals surface area contributed by atoms with Crippen molar-refractivity contribution in [2.45, 2.75) is 50.1 Å². The van der Waals surface area contributed by atoms with Crippen LogP contribution in [0.5, 0.6) is 0 Å². The zero-order chi connectivity index (χ0) is 20.8. The summed E-state index contributed by atoms with van der Waals surface area (Å²) in [5, 5.41) is 21.0. The Hall–Kier alpha value is -2.77. The van der Waals surface area contributed by atoms with Crippen LogP contribution in [0.1, 0.15) is 60.2 Å². The summed E-state index contributed by atoms with van der Waals surface area (Å²) in [6, 6.07) is 11.0. The summed E-state index contributed by atoms with van der Waals surface area (Å²) in [7, 11) is 0. The zero-order valence-corrected chi connectivity index (χ0v) is 17.5. The fraction of sp³-hybridized carbons (Fsp3) is 0.458. The van der Waals surface area contributed by atoms with E-state index >= 15 is 0 Å². The van der Waals surface area contributed by atoms with Crippen molar-refractivity contribution in [1.82, 2.24) is 20.1 Å². The van der Waals surface area contributed by atoms with Gasteiger partial charge in [-0.1, -0.05) is 30.3 Å². The van der Waals surface area contributed by atoms with E-state index in [2.05, 4.69) is 40.6 Å². The second-order valence-electron chi connectivity index (χ2n) is 8.97. The van der Waals surface area contributed by atoms with Gasteiger partial charge in [0.05, 0.1) is 23.6 Å². The van der Waals surface area contributed by atoms with Crippen LogP contribution in [0, 0.1) is 11.1 Å². The molecule has 160 valence electrons. The SMILES string of the molecule is [O-][n+]1ccnc(-n2nc(C(NC3CCOCC3)c3ccccc3)c3c2[C@H]2C[C@H]2CC3)c1. The van der Waals surface area contributed by atoms with Crippen molar-refractivity contribution in [2.24, 2.45) is 5.92 Å². The van der Waals surface area contributed by atoms with Crippen molar-refractivity contribution in [1.29, 1.82) is 0 Å². The second-order valence-corrected chi connectivity index (χ2v) is 8.97. The third-order valence-electron chi connectivity index (χ3n) is 7.00. The molecule has 2 aliphatic carbocycles. The zero-order valence-electron chi connectivity index (χ0n) is 17.5. The summed E-state index contributed by atoms with van der Waals surface area (Å²) in [5.74, 6) is 1.88. The standard InChI is InChI=1S/C24H27N5O2/c30-28-11-10-25-21(15-28)29-24-19(7-6-17-14-20(17)24)23(27-29)22(16-4-2-1-3-5-16)26-18-8-12-31-13-9-18/h1-5,10-11,15,17-18,20,22,26H,6-9,12-14H2/t17-,20+,22?/m1/s1. The molecule has 3 heterocycles. The van der Waals surface area contributed by atoms with Crippen LogP contribution in [0.4, 0.5) is 0 Å². The van der Waals surface area contributed by atoms with Gasteiger partial charge in [0.15, 0.2) is 6.20 Å². The molecule has 0 amide bonds. The number of nitrogens with one attached hydrogen (secondary N) is 1. The van der Waals surface area contributed by atoms with Crippen LogP contribution in [0.25, 0.3) is 5.82 Å². The highest BCUT2D eigenvalue weighted by molar-refractivity contribution is 5.44. The van der Waals surface area contributed by atoms with Crippen molar-refractivity contribution in [2.75, 3.05) is 13.2 Å². The van der Waals surface area contributed by atoms with Crippen molar-refractivity contribution >= 4 is 0 Å². The van der Waals surface area contributed by atoms with Crippen LogP contribution < -0.4 is 10.0 Å². The van der Waals surface area contributed by atoms with E-state index in [0.29, 0.717) is 17.8 Å². The third-order valence-corrected chi connectivity index (χ3v) is 7.00. The first-order valence-corrected chi connectivity index (χ1v) is 11.3. The topological polar surface area (TPSA) is 78.9 Å². The number of benzene rings is 1. The van der Waals surface area contributed by atoms with Gasteiger partial charge in [0.25, 0.3) is 0 Å². The van der Waals surface area contributed by atoms with E-state index in [1.54, 1.807) is 6.20 Å². The number of hydrogen-bond donors (Lipinski definition) is 1. The van der Waals surface area contributed by atoms with Gasteiger partial charge in [0, 0.05) is 25.2 Å². The van der Waals surface area contributed by atoms with E-state index in [-0.39, 0.29) is 6.04 Å². The van der Waals surface area contributed by atoms with Crippen molar-refractivity contribution in [3.05, 3.63) is 76.6 Å². The molecular weight excluding hydrogens is 390 g/mol. The molecule has 0 bridgehead atoms. The largest absolute Gasteiger partial charge is 0.619 e. The van der Waals surface area contributed by atoms with Gasteiger partial charge >= 0.3 is 0 Å². The number of aromatic nitrogens is 4. The lowest BCUT2D eigenvalue weighted by Gasteiger charge is -2.29. The average Bonchev–Trinajstić information content (AvgIpc) is 3.51. The van der Waals surface area contributed by atoms with Gasteiger partial charge in [-0.2, -0.15) is 9.83 Å². The molecule has 1 unspecified atom stereocenters. The number of ether oxygens (including phenoxy) is 1. The molecule has 3 aliphatic rings. The fourth-order valence-corrected chi connectivity index (χ4v) is 5.31. The summed E-state index contributed by atoms with van der Waals surface area (Å²) in [6.07, 6.45) is 9.98. The maximum Gasteiger partial charge on any atom is 0.225 e. The minimum Gasteiger partial charge on any atom is -0.619 e. The molecule has 31 heavy (non-hydrogen) atoms. The Bertz CT molecular complexity index is 1080. The molecule has 1 N–H and O–H groups in total. The molecule has 6 rings (SSSR count). The van der Waals surface area contributed by atoms with Crippen LogP contribution in [0.15, 0.2) is 48.9 Å². The molecule has 1 saturated heterocycles. The van der Waals surface area contributed by atoms with E-state index in [1.165, 1.54) is 42.1 Å². The van der Waals surface area contributed by atoms with Gasteiger partial charge in [-0.05, 0) is 49.1 Å². The Labute approximate surface area is 181 Å². The normalized spacial score (nSPS) is 23.7. The minimum atomic E-state index is 0.0117. The van der Waals surface area contributed by atoms with Gasteiger partial charge in [-0.15, -0.1) is 0 Å². The number of rotatable bonds is 5. The molecule has 1 aromatic carbocycles. The molecule has 0 radical (unpaired) electrons. The number of fused-ring (bicyclic) bond motifs is 3. The van der Waals surface area contributed by atoms with E-state index in [1.807, 2.05) is 4.68 Å². The average molecular weight is 418 g/mol. The highest BCUT2D eigenvalue weighted by Gasteiger charge is 2.47. The fourth-order valence-electron chi connectivity index (χ4n) is 5.31. The lowest BCUT2D eigenvalue weighted by molar-refractivity contribution is -0.605. The maximum atomic E-state index is 12.0. The Morgan fingerprint density at radius 1 is 1.16 bits per heavy atom. The monoisotopic (exact) mass is 417 g/mol. The molecule has 3 aromatic rings. The Kier molecular flexibility index (Phi) is 4.73. The predicted octanol–water partition coefficient (Wildman–Crippen LogP) is 2.81. The summed E-state index contributed by atoms with van der Waals surface area (Å²) >= 11 is 0. The molecule has 1 aliphatic heterocycles. The van der Waals surface area contributed by atoms with Gasteiger partial charge in [0.2, 0.25) is 12.0 Å². The van der Waals surface area contributed by atoms with Crippen LogP contribution in [-0.2, 0) is 11.2 Å². The Balaban J connectivity index is 1.47. The predicted molar refractivity (Wildman–Crippen MR) is 115 cm³/mol. The number of nitrogens with zero attached hydrogens (tertiary/aromatic N) is 4. The van der Waals surface area contributed by atoms with Gasteiger partial charge < -0.3 is 15.3 Å². The van der Waals surface area contributed by atoms with E-state index in [9.17, 15) is 5.21 Å². The van der Waals surface area contributed by atoms with Crippen LogP contribution in [0.3, 0.4) is 0 Å². The van der Waals surface area contributed by atoms with Gasteiger partial charge in [-0.25, -0.2) is 9.67 Å². The lowest BCUT2D eigenvalue weighted by atomic mass is 9.90.